The van der Waals surface area contributed by atoms with Crippen LogP contribution < -0.4 is 25.3 Å². The summed E-state index contributed by atoms with van der Waals surface area (Å²) in [6.07, 6.45) is 1.10. The van der Waals surface area contributed by atoms with Crippen LogP contribution in [0.15, 0.2) is 78.8 Å². The van der Waals surface area contributed by atoms with Crippen LogP contribution in [0.2, 0.25) is 0 Å². The second kappa shape index (κ2) is 8.07. The van der Waals surface area contributed by atoms with Crippen molar-refractivity contribution in [1.82, 2.24) is 0 Å². The van der Waals surface area contributed by atoms with Gasteiger partial charge in [-0.1, -0.05) is 84.9 Å². The number of fused-ring (bicyclic) bond motifs is 7. The summed E-state index contributed by atoms with van der Waals surface area (Å²) in [6.45, 7) is 16.1. The second-order valence-electron chi connectivity index (χ2n) is 14.4. The SMILES string of the molecule is [2H]c1cc([2H])c2c3c1Oc1ccccc1B3c1sc3ccc(C(C)(C)C)cc3c1N2c1ccc2c(c1)C(C)(C)CC2(C)C. The summed E-state index contributed by atoms with van der Waals surface area (Å²) in [5.41, 5.74) is 9.33. The van der Waals surface area contributed by atoms with Crippen LogP contribution in [0.4, 0.5) is 17.1 Å². The highest BCUT2D eigenvalue weighted by atomic mass is 32.1. The summed E-state index contributed by atoms with van der Waals surface area (Å²) in [5.74, 6) is 1.37. The first-order valence-electron chi connectivity index (χ1n) is 15.7. The van der Waals surface area contributed by atoms with Gasteiger partial charge in [0.1, 0.15) is 11.5 Å². The molecule has 3 aliphatic rings. The summed E-state index contributed by atoms with van der Waals surface area (Å²) in [6, 6.07) is 24.4. The number of rotatable bonds is 1. The first-order valence-corrected chi connectivity index (χ1v) is 15.5. The maximum atomic E-state index is 9.36. The maximum Gasteiger partial charge on any atom is 0.268 e. The molecule has 2 nitrogen and oxygen atoms in total. The Labute approximate surface area is 250 Å². The van der Waals surface area contributed by atoms with Gasteiger partial charge in [-0.3, -0.25) is 0 Å². The molecular formula is C37H36BNOS. The van der Waals surface area contributed by atoms with E-state index in [1.807, 2.05) is 23.5 Å². The quantitative estimate of drug-likeness (QED) is 0.188. The van der Waals surface area contributed by atoms with Gasteiger partial charge in [0.05, 0.1) is 8.43 Å². The van der Waals surface area contributed by atoms with E-state index in [0.29, 0.717) is 11.8 Å². The third-order valence-corrected chi connectivity index (χ3v) is 10.7. The van der Waals surface area contributed by atoms with E-state index in [0.717, 1.165) is 40.2 Å². The van der Waals surface area contributed by atoms with Crippen molar-refractivity contribution in [2.24, 2.45) is 0 Å². The van der Waals surface area contributed by atoms with E-state index in [4.69, 9.17) is 6.11 Å². The molecule has 4 heteroatoms. The molecular weight excluding hydrogens is 517 g/mol. The van der Waals surface area contributed by atoms with Gasteiger partial charge in [-0.15, -0.1) is 11.3 Å². The Kier molecular flexibility index (Phi) is 4.55. The normalized spacial score (nSPS) is 18.2. The fourth-order valence-corrected chi connectivity index (χ4v) is 9.10. The Morgan fingerprint density at radius 1 is 0.878 bits per heavy atom. The molecule has 0 unspecified atom stereocenters. The number of para-hydroxylation sites is 1. The number of thiophene rings is 1. The monoisotopic (exact) mass is 555 g/mol. The van der Waals surface area contributed by atoms with Crippen molar-refractivity contribution in [1.29, 1.82) is 0 Å². The number of hydrogen-bond acceptors (Lipinski definition) is 3. The zero-order chi connectivity index (χ0) is 30.2. The highest BCUT2D eigenvalue weighted by Gasteiger charge is 2.45. The average Bonchev–Trinajstić information content (AvgIpc) is 3.40. The molecule has 4 aromatic carbocycles. The van der Waals surface area contributed by atoms with Crippen LogP contribution >= 0.6 is 11.3 Å². The van der Waals surface area contributed by atoms with Crippen molar-refractivity contribution in [2.45, 2.75) is 71.1 Å². The van der Waals surface area contributed by atoms with Gasteiger partial charge in [0, 0.05) is 26.2 Å². The molecule has 0 atom stereocenters. The molecule has 0 radical (unpaired) electrons. The van der Waals surface area contributed by atoms with Crippen LogP contribution in [0.25, 0.3) is 10.1 Å². The molecule has 41 heavy (non-hydrogen) atoms. The first kappa shape index (κ1) is 23.1. The Morgan fingerprint density at radius 3 is 2.46 bits per heavy atom. The zero-order valence-corrected chi connectivity index (χ0v) is 25.7. The lowest BCUT2D eigenvalue weighted by molar-refractivity contribution is 0.403. The molecule has 3 heterocycles. The lowest BCUT2D eigenvalue weighted by Crippen LogP contribution is -2.58. The predicted molar refractivity (Wildman–Crippen MR) is 177 cm³/mol. The third kappa shape index (κ3) is 3.50. The minimum absolute atomic E-state index is 0.00272. The molecule has 0 spiro atoms. The van der Waals surface area contributed by atoms with E-state index < -0.39 is 0 Å². The van der Waals surface area contributed by atoms with E-state index in [1.54, 1.807) is 6.07 Å². The molecule has 0 fully saturated rings. The maximum absolute atomic E-state index is 9.36. The number of benzene rings is 4. The molecule has 5 aromatic rings. The summed E-state index contributed by atoms with van der Waals surface area (Å²) < 4.78 is 27.2. The molecule has 0 saturated heterocycles. The minimum atomic E-state index is -0.101. The highest BCUT2D eigenvalue weighted by molar-refractivity contribution is 7.33. The van der Waals surface area contributed by atoms with Crippen LogP contribution in [0.1, 0.15) is 74.3 Å². The third-order valence-electron chi connectivity index (χ3n) is 9.51. The van der Waals surface area contributed by atoms with Crippen LogP contribution in [0.5, 0.6) is 11.5 Å². The molecule has 8 rings (SSSR count). The second-order valence-corrected chi connectivity index (χ2v) is 15.5. The van der Waals surface area contributed by atoms with Gasteiger partial charge in [-0.05, 0) is 92.7 Å². The minimum Gasteiger partial charge on any atom is -0.458 e. The van der Waals surface area contributed by atoms with Crippen molar-refractivity contribution in [2.75, 3.05) is 4.90 Å². The number of hydrogen-bond donors (Lipinski definition) is 0. The molecule has 0 bridgehead atoms. The highest BCUT2D eigenvalue weighted by Crippen LogP contribution is 2.52. The van der Waals surface area contributed by atoms with Gasteiger partial charge in [0.15, 0.2) is 0 Å². The van der Waals surface area contributed by atoms with E-state index in [1.165, 1.54) is 31.6 Å². The van der Waals surface area contributed by atoms with Crippen LogP contribution in [-0.4, -0.2) is 6.71 Å². The van der Waals surface area contributed by atoms with Gasteiger partial charge in [0.2, 0.25) is 0 Å². The van der Waals surface area contributed by atoms with Crippen molar-refractivity contribution in [3.05, 3.63) is 95.5 Å². The van der Waals surface area contributed by atoms with Crippen molar-refractivity contribution in [3.63, 3.8) is 0 Å². The van der Waals surface area contributed by atoms with Crippen molar-refractivity contribution >= 4 is 60.9 Å². The van der Waals surface area contributed by atoms with Crippen LogP contribution in [-0.2, 0) is 16.2 Å². The van der Waals surface area contributed by atoms with Gasteiger partial charge in [0.25, 0.3) is 6.71 Å². The molecule has 0 amide bonds. The van der Waals surface area contributed by atoms with Gasteiger partial charge >= 0.3 is 0 Å². The Balaban J connectivity index is 1.50. The van der Waals surface area contributed by atoms with Crippen molar-refractivity contribution < 1.29 is 7.48 Å². The molecule has 204 valence electrons. The molecule has 1 aliphatic carbocycles. The first-order chi connectivity index (χ1) is 20.3. The summed E-state index contributed by atoms with van der Waals surface area (Å²) in [7, 11) is 0. The van der Waals surface area contributed by atoms with Gasteiger partial charge < -0.3 is 9.64 Å². The summed E-state index contributed by atoms with van der Waals surface area (Å²) in [4.78, 5) is 2.33. The fourth-order valence-electron chi connectivity index (χ4n) is 7.80. The molecule has 0 N–H and O–H groups in total. The predicted octanol–water partition coefficient (Wildman–Crippen LogP) is 8.56. The number of anilines is 3. The van der Waals surface area contributed by atoms with E-state index in [9.17, 15) is 1.37 Å². The smallest absolute Gasteiger partial charge is 0.268 e. The molecule has 0 saturated carbocycles. The molecule has 2 aliphatic heterocycles. The molecule has 1 aromatic heterocycles. The Morgan fingerprint density at radius 2 is 1.66 bits per heavy atom. The zero-order valence-electron chi connectivity index (χ0n) is 26.9. The van der Waals surface area contributed by atoms with Crippen LogP contribution in [0.3, 0.4) is 0 Å². The summed E-state index contributed by atoms with van der Waals surface area (Å²) in [5, 5.41) is 1.22. The van der Waals surface area contributed by atoms with Gasteiger partial charge in [-0.25, -0.2) is 0 Å². The van der Waals surface area contributed by atoms with E-state index >= 15 is 0 Å². The van der Waals surface area contributed by atoms with Crippen LogP contribution in [0, 0.1) is 0 Å². The topological polar surface area (TPSA) is 12.5 Å². The Bertz CT molecular complexity index is 2020. The van der Waals surface area contributed by atoms with E-state index in [2.05, 4.69) is 102 Å². The summed E-state index contributed by atoms with van der Waals surface area (Å²) >= 11 is 1.84. The van der Waals surface area contributed by atoms with Crippen molar-refractivity contribution in [3.8, 4) is 11.5 Å². The Hall–Kier alpha value is -3.50. The standard InChI is InChI=1S/C37H36BNOS/c1-35(2,3)22-15-18-31-24(19-22)33-34(41-31)38-27-11-8-9-13-29(27)40-30-14-10-12-28(32(30)38)39(33)23-16-17-25-26(20-23)37(6,7)21-36(25,4)5/h8-20H,21H2,1-7H3/i12D,14D. The van der Waals surface area contributed by atoms with E-state index in [-0.39, 0.29) is 29.0 Å². The number of nitrogens with zero attached hydrogens (tertiary/aromatic N) is 1. The lowest BCUT2D eigenvalue weighted by Gasteiger charge is -2.39. The average molecular weight is 556 g/mol. The number of ether oxygens (including phenoxy) is 1. The largest absolute Gasteiger partial charge is 0.458 e. The van der Waals surface area contributed by atoms with Gasteiger partial charge in [-0.2, -0.15) is 0 Å². The lowest BCUT2D eigenvalue weighted by atomic mass is 9.37. The fraction of sp³-hybridized carbons (Fsp3) is 0.297.